The lowest BCUT2D eigenvalue weighted by Gasteiger charge is -2.15. The lowest BCUT2D eigenvalue weighted by atomic mass is 9.93. The SMILES string of the molecule is CC1CCc2nc(NC(=O)Cc3c(F)c(F)c(F)c(F)c3F)sc2C1. The standard InChI is InChI=1S/C16H13F5N2OS/c1-6-2-3-8-9(4-6)25-16(22-8)23-10(24)5-7-11(17)13(19)15(21)14(20)12(7)18/h6H,2-5H2,1H3,(H,22,23,24). The van der Waals surface area contributed by atoms with Crippen LogP contribution >= 0.6 is 11.3 Å². The maximum absolute atomic E-state index is 13.6. The molecule has 0 bridgehead atoms. The number of nitrogens with zero attached hydrogens (tertiary/aromatic N) is 1. The van der Waals surface area contributed by atoms with Gasteiger partial charge in [0.15, 0.2) is 28.4 Å². The van der Waals surface area contributed by atoms with E-state index in [1.807, 2.05) is 0 Å². The number of rotatable bonds is 3. The Morgan fingerprint density at radius 1 is 1.12 bits per heavy atom. The fourth-order valence-corrected chi connectivity index (χ4v) is 3.91. The maximum Gasteiger partial charge on any atom is 0.230 e. The largest absolute Gasteiger partial charge is 0.302 e. The average molecular weight is 376 g/mol. The summed E-state index contributed by atoms with van der Waals surface area (Å²) in [6.45, 7) is 2.10. The van der Waals surface area contributed by atoms with Gasteiger partial charge in [-0.1, -0.05) is 6.92 Å². The van der Waals surface area contributed by atoms with Gasteiger partial charge >= 0.3 is 0 Å². The number of carbonyl (C=O) groups is 1. The number of carbonyl (C=O) groups excluding carboxylic acids is 1. The van der Waals surface area contributed by atoms with Crippen LogP contribution in [0.2, 0.25) is 0 Å². The van der Waals surface area contributed by atoms with Crippen LogP contribution in [-0.4, -0.2) is 10.9 Å². The van der Waals surface area contributed by atoms with Gasteiger partial charge in [0.25, 0.3) is 0 Å². The van der Waals surface area contributed by atoms with E-state index in [1.54, 1.807) is 0 Å². The molecule has 1 unspecified atom stereocenters. The Hall–Kier alpha value is -2.03. The second-order valence-electron chi connectivity index (χ2n) is 6.01. The molecule has 134 valence electrons. The summed E-state index contributed by atoms with van der Waals surface area (Å²) in [5.74, 6) is -10.8. The molecule has 1 aliphatic carbocycles. The first-order valence-corrected chi connectivity index (χ1v) is 8.38. The van der Waals surface area contributed by atoms with Crippen LogP contribution in [0, 0.1) is 35.0 Å². The third-order valence-corrected chi connectivity index (χ3v) is 5.11. The number of anilines is 1. The predicted octanol–water partition coefficient (Wildman–Crippen LogP) is 4.14. The van der Waals surface area contributed by atoms with Crippen molar-refractivity contribution < 1.29 is 26.7 Å². The Morgan fingerprint density at radius 3 is 2.36 bits per heavy atom. The number of benzene rings is 1. The minimum atomic E-state index is -2.25. The first-order valence-electron chi connectivity index (χ1n) is 7.56. The summed E-state index contributed by atoms with van der Waals surface area (Å²) in [6.07, 6.45) is 1.61. The van der Waals surface area contributed by atoms with Crippen LogP contribution in [0.1, 0.15) is 29.5 Å². The van der Waals surface area contributed by atoms with Gasteiger partial charge in [0.2, 0.25) is 11.7 Å². The van der Waals surface area contributed by atoms with Gasteiger partial charge in [0.1, 0.15) is 0 Å². The van der Waals surface area contributed by atoms with Crippen molar-refractivity contribution in [3.8, 4) is 0 Å². The molecule has 3 nitrogen and oxygen atoms in total. The molecule has 0 saturated carbocycles. The molecule has 1 aliphatic rings. The Kier molecular flexibility index (Phi) is 4.77. The minimum Gasteiger partial charge on any atom is -0.302 e. The molecule has 0 spiro atoms. The molecule has 25 heavy (non-hydrogen) atoms. The third kappa shape index (κ3) is 3.37. The first kappa shape index (κ1) is 17.8. The molecule has 0 radical (unpaired) electrons. The Bertz CT molecular complexity index is 823. The third-order valence-electron chi connectivity index (χ3n) is 4.07. The van der Waals surface area contributed by atoms with E-state index in [0.29, 0.717) is 5.92 Å². The fraction of sp³-hybridized carbons (Fsp3) is 0.375. The summed E-state index contributed by atoms with van der Waals surface area (Å²) in [7, 11) is 0. The molecular weight excluding hydrogens is 363 g/mol. The lowest BCUT2D eigenvalue weighted by molar-refractivity contribution is -0.115. The molecule has 0 fully saturated rings. The molecule has 2 aromatic rings. The number of aromatic nitrogens is 1. The summed E-state index contributed by atoms with van der Waals surface area (Å²) < 4.78 is 66.6. The monoisotopic (exact) mass is 376 g/mol. The lowest BCUT2D eigenvalue weighted by Crippen LogP contribution is -2.18. The van der Waals surface area contributed by atoms with E-state index in [0.717, 1.165) is 29.8 Å². The van der Waals surface area contributed by atoms with E-state index in [9.17, 15) is 26.7 Å². The van der Waals surface area contributed by atoms with Crippen LogP contribution in [0.3, 0.4) is 0 Å². The Morgan fingerprint density at radius 2 is 1.72 bits per heavy atom. The summed E-state index contributed by atoms with van der Waals surface area (Å²) in [4.78, 5) is 17.2. The summed E-state index contributed by atoms with van der Waals surface area (Å²) in [5, 5.41) is 2.62. The first-order chi connectivity index (χ1) is 11.8. The number of nitrogens with one attached hydrogen (secondary N) is 1. The molecule has 3 rings (SSSR count). The van der Waals surface area contributed by atoms with Crippen LogP contribution in [0.25, 0.3) is 0 Å². The molecule has 1 aromatic carbocycles. The summed E-state index contributed by atoms with van der Waals surface area (Å²) in [6, 6.07) is 0. The molecule has 1 aromatic heterocycles. The molecule has 0 saturated heterocycles. The van der Waals surface area contributed by atoms with E-state index >= 15 is 0 Å². The van der Waals surface area contributed by atoms with Crippen molar-refractivity contribution in [1.29, 1.82) is 0 Å². The number of fused-ring (bicyclic) bond motifs is 1. The predicted molar refractivity (Wildman–Crippen MR) is 81.9 cm³/mol. The number of halogens is 5. The maximum atomic E-state index is 13.6. The highest BCUT2D eigenvalue weighted by molar-refractivity contribution is 7.15. The number of thiazole rings is 1. The minimum absolute atomic E-state index is 0.257. The fourth-order valence-electron chi connectivity index (χ4n) is 2.72. The van der Waals surface area contributed by atoms with Crippen LogP contribution < -0.4 is 5.32 Å². The smallest absolute Gasteiger partial charge is 0.230 e. The van der Waals surface area contributed by atoms with E-state index in [-0.39, 0.29) is 5.13 Å². The number of amides is 1. The van der Waals surface area contributed by atoms with Crippen molar-refractivity contribution in [3.63, 3.8) is 0 Å². The van der Waals surface area contributed by atoms with Gasteiger partial charge in [-0.2, -0.15) is 0 Å². The molecule has 1 N–H and O–H groups in total. The van der Waals surface area contributed by atoms with Crippen LogP contribution in [0.5, 0.6) is 0 Å². The normalized spacial score (nSPS) is 16.6. The van der Waals surface area contributed by atoms with E-state index in [2.05, 4.69) is 17.2 Å². The van der Waals surface area contributed by atoms with Crippen LogP contribution in [0.15, 0.2) is 0 Å². The molecule has 1 amide bonds. The number of hydrogen-bond acceptors (Lipinski definition) is 3. The molecule has 1 heterocycles. The van der Waals surface area contributed by atoms with Crippen molar-refractivity contribution in [2.24, 2.45) is 5.92 Å². The topological polar surface area (TPSA) is 42.0 Å². The van der Waals surface area contributed by atoms with E-state index in [4.69, 9.17) is 0 Å². The van der Waals surface area contributed by atoms with Gasteiger partial charge in [-0.05, 0) is 25.2 Å². The average Bonchev–Trinajstić information content (AvgIpc) is 2.96. The van der Waals surface area contributed by atoms with Crippen molar-refractivity contribution >= 4 is 22.4 Å². The Labute approximate surface area is 143 Å². The summed E-state index contributed by atoms with van der Waals surface area (Å²) >= 11 is 1.26. The summed E-state index contributed by atoms with van der Waals surface area (Å²) in [5.41, 5.74) is -0.293. The second kappa shape index (κ2) is 6.70. The van der Waals surface area contributed by atoms with Gasteiger partial charge in [-0.15, -0.1) is 11.3 Å². The zero-order valence-electron chi connectivity index (χ0n) is 13.1. The van der Waals surface area contributed by atoms with Crippen LogP contribution in [0.4, 0.5) is 27.1 Å². The van der Waals surface area contributed by atoms with Crippen molar-refractivity contribution in [2.75, 3.05) is 5.32 Å². The van der Waals surface area contributed by atoms with Crippen molar-refractivity contribution in [1.82, 2.24) is 4.98 Å². The highest BCUT2D eigenvalue weighted by Crippen LogP contribution is 2.32. The second-order valence-corrected chi connectivity index (χ2v) is 7.09. The van der Waals surface area contributed by atoms with Gasteiger partial charge < -0.3 is 5.32 Å². The van der Waals surface area contributed by atoms with E-state index in [1.165, 1.54) is 11.3 Å². The number of hydrogen-bond donors (Lipinski definition) is 1. The van der Waals surface area contributed by atoms with Crippen molar-refractivity contribution in [2.45, 2.75) is 32.6 Å². The van der Waals surface area contributed by atoms with Gasteiger partial charge in [-0.25, -0.2) is 26.9 Å². The van der Waals surface area contributed by atoms with Crippen molar-refractivity contribution in [3.05, 3.63) is 45.2 Å². The molecule has 0 aliphatic heterocycles. The van der Waals surface area contributed by atoms with E-state index < -0.39 is 47.0 Å². The molecular formula is C16H13F5N2OS. The zero-order chi connectivity index (χ0) is 18.3. The molecule has 1 atom stereocenters. The highest BCUT2D eigenvalue weighted by atomic mass is 32.1. The highest BCUT2D eigenvalue weighted by Gasteiger charge is 2.27. The van der Waals surface area contributed by atoms with Crippen LogP contribution in [-0.2, 0) is 24.1 Å². The van der Waals surface area contributed by atoms with Gasteiger partial charge in [-0.3, -0.25) is 4.79 Å². The quantitative estimate of drug-likeness (QED) is 0.497. The Balaban J connectivity index is 1.78. The van der Waals surface area contributed by atoms with Gasteiger partial charge in [0.05, 0.1) is 12.1 Å². The molecule has 9 heteroatoms. The number of aryl methyl sites for hydroxylation is 1. The van der Waals surface area contributed by atoms with Gasteiger partial charge in [0, 0.05) is 10.4 Å². The zero-order valence-corrected chi connectivity index (χ0v) is 13.9.